The number of amidine groups is 1. The number of nitrogens with one attached hydrogen (secondary N) is 1. The van der Waals surface area contributed by atoms with Gasteiger partial charge in [-0.2, -0.15) is 0 Å². The molecular formula is C17H22ClN3O. The number of aliphatic imine (C=N–C) groups is 1. The molecule has 118 valence electrons. The minimum atomic E-state index is 0.0225. The number of nitrogens with zero attached hydrogens (tertiary/aromatic N) is 2. The molecular weight excluding hydrogens is 298 g/mol. The average molecular weight is 320 g/mol. The molecule has 5 heteroatoms. The van der Waals surface area contributed by atoms with E-state index in [9.17, 15) is 4.79 Å². The first-order valence-corrected chi connectivity index (χ1v) is 8.46. The second-order valence-corrected chi connectivity index (χ2v) is 6.34. The van der Waals surface area contributed by atoms with Gasteiger partial charge >= 0.3 is 0 Å². The van der Waals surface area contributed by atoms with E-state index in [4.69, 9.17) is 16.6 Å². The Hall–Kier alpha value is -1.39. The van der Waals surface area contributed by atoms with Gasteiger partial charge in [0.2, 0.25) is 0 Å². The van der Waals surface area contributed by atoms with Crippen LogP contribution in [0, 0.1) is 0 Å². The summed E-state index contributed by atoms with van der Waals surface area (Å²) in [5.41, 5.74) is 1.58. The zero-order valence-electron chi connectivity index (χ0n) is 12.9. The second kappa shape index (κ2) is 6.80. The van der Waals surface area contributed by atoms with E-state index in [1.54, 1.807) is 6.08 Å². The van der Waals surface area contributed by atoms with Crippen LogP contribution in [0.3, 0.4) is 0 Å². The van der Waals surface area contributed by atoms with E-state index >= 15 is 0 Å². The molecule has 2 bridgehead atoms. The average Bonchev–Trinajstić information content (AvgIpc) is 2.92. The zero-order valence-corrected chi connectivity index (χ0v) is 13.7. The molecule has 0 aromatic rings. The van der Waals surface area contributed by atoms with E-state index in [1.807, 2.05) is 17.1 Å². The Balaban J connectivity index is 2.02. The van der Waals surface area contributed by atoms with Crippen LogP contribution >= 0.6 is 11.6 Å². The molecule has 2 aliphatic heterocycles. The Kier molecular flexibility index (Phi) is 4.79. The monoisotopic (exact) mass is 319 g/mol. The first-order valence-electron chi connectivity index (χ1n) is 8.08. The van der Waals surface area contributed by atoms with Crippen molar-refractivity contribution in [3.8, 4) is 0 Å². The number of carbonyl (C=O) groups is 1. The molecule has 4 nitrogen and oxygen atoms in total. The van der Waals surface area contributed by atoms with E-state index in [-0.39, 0.29) is 11.9 Å². The van der Waals surface area contributed by atoms with Gasteiger partial charge in [-0.15, -0.1) is 0 Å². The summed E-state index contributed by atoms with van der Waals surface area (Å²) in [6, 6.07) is 0.163. The number of halogens is 1. The SMILES string of the molecule is CCC1=NC2=CC=CC(Cl)=C(C2)C(=O)N1C1CCCCNC1. The Morgan fingerprint density at radius 2 is 2.32 bits per heavy atom. The van der Waals surface area contributed by atoms with Gasteiger partial charge in [0.05, 0.1) is 6.04 Å². The van der Waals surface area contributed by atoms with Crippen LogP contribution in [-0.2, 0) is 4.79 Å². The molecule has 1 amide bonds. The van der Waals surface area contributed by atoms with Gasteiger partial charge in [-0.1, -0.05) is 31.0 Å². The quantitative estimate of drug-likeness (QED) is 0.850. The van der Waals surface area contributed by atoms with Gasteiger partial charge in [-0.05, 0) is 31.5 Å². The van der Waals surface area contributed by atoms with Gasteiger partial charge in [0.25, 0.3) is 5.91 Å². The molecule has 1 aliphatic carbocycles. The predicted molar refractivity (Wildman–Crippen MR) is 89.8 cm³/mol. The summed E-state index contributed by atoms with van der Waals surface area (Å²) in [5.74, 6) is 0.883. The fourth-order valence-electron chi connectivity index (χ4n) is 3.25. The molecule has 1 fully saturated rings. The summed E-state index contributed by atoms with van der Waals surface area (Å²) in [7, 11) is 0. The molecule has 0 radical (unpaired) electrons. The summed E-state index contributed by atoms with van der Waals surface area (Å²) in [6.07, 6.45) is 10.2. The standard InChI is InChI=1S/C17H22ClN3O/c1-2-16-20-12-6-5-8-15(18)14(10-12)17(22)21(16)13-7-3-4-9-19-11-13/h5-6,8,13,19H,2-4,7,9-11H2,1H3. The van der Waals surface area contributed by atoms with Crippen molar-refractivity contribution in [3.63, 3.8) is 0 Å². The molecule has 2 heterocycles. The number of hydrogen-bond donors (Lipinski definition) is 1. The van der Waals surface area contributed by atoms with Crippen LogP contribution in [-0.4, -0.2) is 35.8 Å². The van der Waals surface area contributed by atoms with Gasteiger partial charge in [-0.3, -0.25) is 9.69 Å². The van der Waals surface area contributed by atoms with Crippen LogP contribution in [0.1, 0.15) is 39.0 Å². The molecule has 1 N–H and O–H groups in total. The lowest BCUT2D eigenvalue weighted by atomic mass is 10.1. The number of amides is 1. The normalized spacial score (nSPS) is 26.2. The number of fused-ring (bicyclic) bond motifs is 2. The lowest BCUT2D eigenvalue weighted by Crippen LogP contribution is -2.48. The molecule has 22 heavy (non-hydrogen) atoms. The van der Waals surface area contributed by atoms with Crippen LogP contribution in [0.25, 0.3) is 0 Å². The first-order chi connectivity index (χ1) is 10.7. The van der Waals surface area contributed by atoms with Crippen molar-refractivity contribution in [1.82, 2.24) is 10.2 Å². The third kappa shape index (κ3) is 3.03. The van der Waals surface area contributed by atoms with Gasteiger partial charge in [0.1, 0.15) is 5.84 Å². The molecule has 0 saturated carbocycles. The smallest absolute Gasteiger partial charge is 0.257 e. The Labute approximate surface area is 136 Å². The second-order valence-electron chi connectivity index (χ2n) is 5.93. The summed E-state index contributed by atoms with van der Waals surface area (Å²) >= 11 is 6.33. The summed E-state index contributed by atoms with van der Waals surface area (Å²) in [6.45, 7) is 3.90. The molecule has 1 atom stereocenters. The molecule has 0 spiro atoms. The Morgan fingerprint density at radius 3 is 3.14 bits per heavy atom. The van der Waals surface area contributed by atoms with Crippen LogP contribution in [0.2, 0.25) is 0 Å². The molecule has 0 aromatic heterocycles. The predicted octanol–water partition coefficient (Wildman–Crippen LogP) is 3.12. The van der Waals surface area contributed by atoms with Crippen molar-refractivity contribution in [2.45, 2.75) is 45.1 Å². The number of carbonyl (C=O) groups excluding carboxylic acids is 1. The molecule has 3 rings (SSSR count). The van der Waals surface area contributed by atoms with Crippen LogP contribution in [0.15, 0.2) is 39.5 Å². The maximum absolute atomic E-state index is 13.1. The van der Waals surface area contributed by atoms with Crippen molar-refractivity contribution in [1.29, 1.82) is 0 Å². The van der Waals surface area contributed by atoms with Gasteiger partial charge < -0.3 is 5.32 Å². The van der Waals surface area contributed by atoms with E-state index in [2.05, 4.69) is 12.2 Å². The lowest BCUT2D eigenvalue weighted by Gasteiger charge is -2.31. The van der Waals surface area contributed by atoms with E-state index in [0.29, 0.717) is 17.0 Å². The first kappa shape index (κ1) is 15.5. The third-order valence-electron chi connectivity index (χ3n) is 4.41. The highest BCUT2D eigenvalue weighted by molar-refractivity contribution is 6.34. The van der Waals surface area contributed by atoms with Crippen LogP contribution in [0.5, 0.6) is 0 Å². The third-order valence-corrected chi connectivity index (χ3v) is 4.76. The Morgan fingerprint density at radius 1 is 1.45 bits per heavy atom. The van der Waals surface area contributed by atoms with Crippen LogP contribution in [0.4, 0.5) is 0 Å². The highest BCUT2D eigenvalue weighted by Gasteiger charge is 2.33. The summed E-state index contributed by atoms with van der Waals surface area (Å²) in [4.78, 5) is 19.8. The number of allylic oxidation sites excluding steroid dienone is 5. The van der Waals surface area contributed by atoms with Gasteiger partial charge in [0, 0.05) is 35.7 Å². The van der Waals surface area contributed by atoms with E-state index in [0.717, 1.165) is 50.3 Å². The van der Waals surface area contributed by atoms with Crippen molar-refractivity contribution in [2.75, 3.05) is 13.1 Å². The number of hydrogen-bond acceptors (Lipinski definition) is 3. The fraction of sp³-hybridized carbons (Fsp3) is 0.529. The Bertz CT molecular complexity index is 581. The maximum atomic E-state index is 13.1. The van der Waals surface area contributed by atoms with Crippen molar-refractivity contribution < 1.29 is 4.79 Å². The highest BCUT2D eigenvalue weighted by Crippen LogP contribution is 2.30. The van der Waals surface area contributed by atoms with Crippen molar-refractivity contribution in [2.24, 2.45) is 4.99 Å². The summed E-state index contributed by atoms with van der Waals surface area (Å²) < 4.78 is 0. The fourth-order valence-corrected chi connectivity index (χ4v) is 3.47. The number of rotatable bonds is 2. The minimum absolute atomic E-state index is 0.0225. The van der Waals surface area contributed by atoms with Crippen LogP contribution < -0.4 is 5.32 Å². The molecule has 0 aromatic carbocycles. The minimum Gasteiger partial charge on any atom is -0.315 e. The molecule has 3 aliphatic rings. The summed E-state index contributed by atoms with van der Waals surface area (Å²) in [5, 5.41) is 3.97. The topological polar surface area (TPSA) is 44.7 Å². The lowest BCUT2D eigenvalue weighted by molar-refractivity contribution is -0.125. The van der Waals surface area contributed by atoms with Crippen molar-refractivity contribution in [3.05, 3.63) is 34.5 Å². The van der Waals surface area contributed by atoms with Crippen molar-refractivity contribution >= 4 is 23.3 Å². The zero-order chi connectivity index (χ0) is 15.5. The van der Waals surface area contributed by atoms with Gasteiger partial charge in [-0.25, -0.2) is 4.99 Å². The van der Waals surface area contributed by atoms with E-state index < -0.39 is 0 Å². The molecule has 1 saturated heterocycles. The highest BCUT2D eigenvalue weighted by atomic mass is 35.5. The van der Waals surface area contributed by atoms with E-state index in [1.165, 1.54) is 0 Å². The molecule has 1 unspecified atom stereocenters. The maximum Gasteiger partial charge on any atom is 0.257 e. The largest absolute Gasteiger partial charge is 0.315 e. The van der Waals surface area contributed by atoms with Gasteiger partial charge in [0.15, 0.2) is 0 Å².